The van der Waals surface area contributed by atoms with Gasteiger partial charge in [0, 0.05) is 31.7 Å². The van der Waals surface area contributed by atoms with Gasteiger partial charge < -0.3 is 19.4 Å². The van der Waals surface area contributed by atoms with Gasteiger partial charge in [0.2, 0.25) is 5.91 Å². The van der Waals surface area contributed by atoms with Crippen LogP contribution in [0.25, 0.3) is 0 Å². The van der Waals surface area contributed by atoms with Gasteiger partial charge in [-0.15, -0.1) is 0 Å². The second-order valence-corrected chi connectivity index (χ2v) is 7.32. The third kappa shape index (κ3) is 4.41. The molecule has 2 aromatic heterocycles. The lowest BCUT2D eigenvalue weighted by Crippen LogP contribution is -2.54. The van der Waals surface area contributed by atoms with Gasteiger partial charge in [0.15, 0.2) is 0 Å². The van der Waals surface area contributed by atoms with Crippen molar-refractivity contribution in [1.29, 1.82) is 0 Å². The second-order valence-electron chi connectivity index (χ2n) is 7.32. The fourth-order valence-corrected chi connectivity index (χ4v) is 3.76. The first-order chi connectivity index (χ1) is 13.7. The first-order valence-corrected chi connectivity index (χ1v) is 9.72. The maximum absolute atomic E-state index is 12.8. The Morgan fingerprint density at radius 3 is 3.07 bits per heavy atom. The van der Waals surface area contributed by atoms with E-state index in [9.17, 15) is 4.79 Å². The van der Waals surface area contributed by atoms with Crippen molar-refractivity contribution < 1.29 is 14.3 Å². The van der Waals surface area contributed by atoms with Gasteiger partial charge in [-0.25, -0.2) is 10.9 Å². The van der Waals surface area contributed by atoms with E-state index in [0.717, 1.165) is 17.8 Å². The Morgan fingerprint density at radius 2 is 2.29 bits per heavy atom. The maximum atomic E-state index is 12.8. The minimum absolute atomic E-state index is 0.0115. The Morgan fingerprint density at radius 1 is 1.36 bits per heavy atom. The molecular formula is C20H27N5O3. The molecular weight excluding hydrogens is 358 g/mol. The molecule has 2 aliphatic heterocycles. The zero-order valence-electron chi connectivity index (χ0n) is 16.0. The number of hydrogen-bond acceptors (Lipinski definition) is 6. The van der Waals surface area contributed by atoms with Crippen LogP contribution in [-0.4, -0.2) is 46.9 Å². The lowest BCUT2D eigenvalue weighted by atomic mass is 10.0. The maximum Gasteiger partial charge on any atom is 0.238 e. The van der Waals surface area contributed by atoms with E-state index in [1.807, 2.05) is 37.5 Å². The van der Waals surface area contributed by atoms with E-state index in [1.165, 1.54) is 0 Å². The van der Waals surface area contributed by atoms with Crippen LogP contribution in [0.15, 0.2) is 42.7 Å². The Bertz CT molecular complexity index is 781. The van der Waals surface area contributed by atoms with Crippen LogP contribution in [0.4, 0.5) is 0 Å². The Balaban J connectivity index is 1.31. The largest absolute Gasteiger partial charge is 0.379 e. The van der Waals surface area contributed by atoms with Crippen molar-refractivity contribution in [2.45, 2.75) is 43.7 Å². The summed E-state index contributed by atoms with van der Waals surface area (Å²) >= 11 is 0. The topological polar surface area (TPSA) is 89.4 Å². The molecule has 0 spiro atoms. The number of carbonyl (C=O) groups excluding carboxylic acids is 1. The molecule has 28 heavy (non-hydrogen) atoms. The zero-order chi connectivity index (χ0) is 19.3. The van der Waals surface area contributed by atoms with E-state index in [-0.39, 0.29) is 30.1 Å². The van der Waals surface area contributed by atoms with Gasteiger partial charge in [0.1, 0.15) is 12.1 Å². The third-order valence-corrected chi connectivity index (χ3v) is 5.36. The summed E-state index contributed by atoms with van der Waals surface area (Å²) in [6.45, 7) is 1.50. The number of hydrazine groups is 1. The summed E-state index contributed by atoms with van der Waals surface area (Å²) < 4.78 is 13.6. The highest BCUT2D eigenvalue weighted by Crippen LogP contribution is 2.22. The van der Waals surface area contributed by atoms with Gasteiger partial charge in [0.25, 0.3) is 0 Å². The highest BCUT2D eigenvalue weighted by molar-refractivity contribution is 5.82. The summed E-state index contributed by atoms with van der Waals surface area (Å²) in [6, 6.07) is 9.58. The van der Waals surface area contributed by atoms with Gasteiger partial charge in [-0.3, -0.25) is 9.78 Å². The molecule has 1 amide bonds. The van der Waals surface area contributed by atoms with Crippen molar-refractivity contribution in [1.82, 2.24) is 25.7 Å². The van der Waals surface area contributed by atoms with Crippen LogP contribution in [0.1, 0.15) is 30.3 Å². The molecule has 4 heterocycles. The van der Waals surface area contributed by atoms with Crippen molar-refractivity contribution in [2.75, 3.05) is 13.2 Å². The Hall–Kier alpha value is -2.26. The van der Waals surface area contributed by atoms with Crippen molar-refractivity contribution in [3.63, 3.8) is 0 Å². The quantitative estimate of drug-likeness (QED) is 0.682. The summed E-state index contributed by atoms with van der Waals surface area (Å²) in [5.41, 5.74) is 8.38. The third-order valence-electron chi connectivity index (χ3n) is 5.36. The molecule has 3 N–H and O–H groups in total. The van der Waals surface area contributed by atoms with Crippen LogP contribution in [0.5, 0.6) is 0 Å². The number of aromatic nitrogens is 2. The van der Waals surface area contributed by atoms with Gasteiger partial charge >= 0.3 is 0 Å². The lowest BCUT2D eigenvalue weighted by Gasteiger charge is -2.32. The lowest BCUT2D eigenvalue weighted by molar-refractivity contribution is -0.128. The van der Waals surface area contributed by atoms with Crippen LogP contribution in [0.2, 0.25) is 0 Å². The minimum Gasteiger partial charge on any atom is -0.379 e. The van der Waals surface area contributed by atoms with E-state index in [4.69, 9.17) is 9.47 Å². The molecule has 0 bridgehead atoms. The van der Waals surface area contributed by atoms with Crippen molar-refractivity contribution >= 4 is 5.91 Å². The molecule has 0 radical (unpaired) electrons. The highest BCUT2D eigenvalue weighted by atomic mass is 16.5. The molecule has 8 heteroatoms. The number of ether oxygens (including phenoxy) is 2. The van der Waals surface area contributed by atoms with Crippen molar-refractivity contribution in [3.8, 4) is 0 Å². The molecule has 0 saturated carbocycles. The van der Waals surface area contributed by atoms with E-state index in [2.05, 4.69) is 31.8 Å². The number of pyridine rings is 1. The number of amides is 1. The van der Waals surface area contributed by atoms with Crippen molar-refractivity contribution in [2.24, 2.45) is 7.05 Å². The Labute approximate surface area is 164 Å². The average molecular weight is 385 g/mol. The summed E-state index contributed by atoms with van der Waals surface area (Å²) in [4.78, 5) is 17.1. The molecule has 8 nitrogen and oxygen atoms in total. The molecule has 4 rings (SSSR count). The normalized spacial score (nSPS) is 27.6. The number of aryl methyl sites for hydroxylation is 1. The molecule has 0 aliphatic carbocycles. The SMILES string of the molecule is Cn1cccc1C1CC(C(=O)N[C@@H]2CCOC[C@H]2OCc2ccccn2)NN1. The molecule has 2 unspecified atom stereocenters. The number of hydrogen-bond donors (Lipinski definition) is 3. The summed E-state index contributed by atoms with van der Waals surface area (Å²) in [6.07, 6.45) is 5.01. The fourth-order valence-electron chi connectivity index (χ4n) is 3.76. The average Bonchev–Trinajstić information content (AvgIpc) is 3.37. The monoisotopic (exact) mass is 385 g/mol. The fraction of sp³-hybridized carbons (Fsp3) is 0.500. The number of nitrogens with one attached hydrogen (secondary N) is 3. The molecule has 2 saturated heterocycles. The van der Waals surface area contributed by atoms with Crippen molar-refractivity contribution in [3.05, 3.63) is 54.1 Å². The van der Waals surface area contributed by atoms with E-state index < -0.39 is 0 Å². The minimum atomic E-state index is -0.279. The zero-order valence-corrected chi connectivity index (χ0v) is 16.0. The number of rotatable bonds is 6. The molecule has 2 fully saturated rings. The van der Waals surface area contributed by atoms with Crippen LogP contribution in [-0.2, 0) is 27.9 Å². The van der Waals surface area contributed by atoms with Crippen LogP contribution in [0.3, 0.4) is 0 Å². The van der Waals surface area contributed by atoms with E-state index in [0.29, 0.717) is 26.2 Å². The van der Waals surface area contributed by atoms with Crippen LogP contribution >= 0.6 is 0 Å². The van der Waals surface area contributed by atoms with E-state index in [1.54, 1.807) is 6.20 Å². The van der Waals surface area contributed by atoms with E-state index >= 15 is 0 Å². The van der Waals surface area contributed by atoms with Gasteiger partial charge in [-0.05, 0) is 37.1 Å². The van der Waals surface area contributed by atoms with Gasteiger partial charge in [0.05, 0.1) is 31.0 Å². The predicted molar refractivity (Wildman–Crippen MR) is 103 cm³/mol. The molecule has 4 atom stereocenters. The molecule has 150 valence electrons. The smallest absolute Gasteiger partial charge is 0.238 e. The number of nitrogens with zero attached hydrogens (tertiary/aromatic N) is 2. The Kier molecular flexibility index (Phi) is 6.01. The predicted octanol–water partition coefficient (Wildman–Crippen LogP) is 0.818. The van der Waals surface area contributed by atoms with Crippen LogP contribution in [0, 0.1) is 0 Å². The highest BCUT2D eigenvalue weighted by Gasteiger charge is 2.34. The number of carbonyl (C=O) groups is 1. The standard InChI is InChI=1S/C20H27N5O3/c1-25-9-4-6-18(25)16-11-17(24-23-16)20(26)22-15-7-10-27-13-19(15)28-12-14-5-2-3-8-21-14/h2-6,8-9,15-17,19,23-24H,7,10-13H2,1H3,(H,22,26)/t15-,16?,17?,19-/m1/s1. The molecule has 2 aromatic rings. The first-order valence-electron chi connectivity index (χ1n) is 9.72. The molecule has 2 aliphatic rings. The van der Waals surface area contributed by atoms with Crippen LogP contribution < -0.4 is 16.2 Å². The molecule has 0 aromatic carbocycles. The van der Waals surface area contributed by atoms with Gasteiger partial charge in [-0.1, -0.05) is 6.07 Å². The summed E-state index contributed by atoms with van der Waals surface area (Å²) in [7, 11) is 2.01. The summed E-state index contributed by atoms with van der Waals surface area (Å²) in [5.74, 6) is -0.0115. The van der Waals surface area contributed by atoms with Gasteiger partial charge in [-0.2, -0.15) is 0 Å². The second kappa shape index (κ2) is 8.83. The first kappa shape index (κ1) is 19.1. The summed E-state index contributed by atoms with van der Waals surface area (Å²) in [5, 5.41) is 3.15.